The van der Waals surface area contributed by atoms with Gasteiger partial charge in [0.1, 0.15) is 12.9 Å². The summed E-state index contributed by atoms with van der Waals surface area (Å²) in [6, 6.07) is 0. The Bertz CT molecular complexity index is 137. The highest BCUT2D eigenvalue weighted by Gasteiger charge is 2.28. The zero-order valence-electron chi connectivity index (χ0n) is 5.55. The van der Waals surface area contributed by atoms with Crippen LogP contribution in [0.2, 0.25) is 0 Å². The van der Waals surface area contributed by atoms with Gasteiger partial charge >= 0.3 is 0 Å². The third kappa shape index (κ3) is 1.36. The molecule has 1 rings (SSSR count). The lowest BCUT2D eigenvalue weighted by atomic mass is 10.4. The summed E-state index contributed by atoms with van der Waals surface area (Å²) in [4.78, 5) is 0. The molecular weight excluding hydrogens is 120 g/mol. The normalized spacial score (nSPS) is 28.4. The molecule has 9 heavy (non-hydrogen) atoms. The van der Waals surface area contributed by atoms with Crippen LogP contribution >= 0.6 is 0 Å². The molecule has 0 unspecified atom stereocenters. The Morgan fingerprint density at radius 3 is 2.56 bits per heavy atom. The maximum atomic E-state index is 8.43. The second kappa shape index (κ2) is 1.92. The second-order valence-electron chi connectivity index (χ2n) is 2.39. The molecular formula is C6H10O3. The summed E-state index contributed by atoms with van der Waals surface area (Å²) in [6.07, 6.45) is 0.925. The highest BCUT2D eigenvalue weighted by molar-refractivity contribution is 4.93. The molecule has 1 aliphatic rings. The molecule has 0 amide bonds. The van der Waals surface area contributed by atoms with Gasteiger partial charge in [-0.3, -0.25) is 0 Å². The summed E-state index contributed by atoms with van der Waals surface area (Å²) >= 11 is 0. The van der Waals surface area contributed by atoms with E-state index in [0.29, 0.717) is 12.4 Å². The van der Waals surface area contributed by atoms with Crippen molar-refractivity contribution in [3.8, 4) is 0 Å². The Morgan fingerprint density at radius 2 is 2.33 bits per heavy atom. The molecule has 0 bridgehead atoms. The number of hydrogen-bond acceptors (Lipinski definition) is 3. The minimum atomic E-state index is -0.561. The van der Waals surface area contributed by atoms with E-state index in [1.807, 2.05) is 0 Å². The zero-order chi connectivity index (χ0) is 6.91. The average molecular weight is 130 g/mol. The van der Waals surface area contributed by atoms with Crippen molar-refractivity contribution >= 4 is 0 Å². The Morgan fingerprint density at radius 1 is 1.67 bits per heavy atom. The lowest BCUT2D eigenvalue weighted by molar-refractivity contribution is -0.117. The molecule has 0 aromatic heterocycles. The number of aliphatic hydroxyl groups excluding tert-OH is 1. The fourth-order valence-corrected chi connectivity index (χ4v) is 0.683. The monoisotopic (exact) mass is 130 g/mol. The summed E-state index contributed by atoms with van der Waals surface area (Å²) in [6.45, 7) is 3.95. The molecule has 3 nitrogen and oxygen atoms in total. The highest BCUT2D eigenvalue weighted by Crippen LogP contribution is 2.23. The van der Waals surface area contributed by atoms with Crippen molar-refractivity contribution in [2.45, 2.75) is 19.6 Å². The maximum Gasteiger partial charge on any atom is 0.205 e. The molecule has 0 atom stereocenters. The first-order valence-electron chi connectivity index (χ1n) is 2.80. The second-order valence-corrected chi connectivity index (χ2v) is 2.39. The SMILES string of the molecule is CC1(C)OC/C(=C/O)O1. The molecule has 1 N–H and O–H groups in total. The number of aliphatic hydroxyl groups is 1. The van der Waals surface area contributed by atoms with Crippen LogP contribution in [0.15, 0.2) is 12.0 Å². The molecule has 1 aliphatic heterocycles. The van der Waals surface area contributed by atoms with E-state index >= 15 is 0 Å². The first kappa shape index (κ1) is 6.42. The van der Waals surface area contributed by atoms with Gasteiger partial charge in [-0.05, 0) is 0 Å². The molecule has 0 saturated carbocycles. The average Bonchev–Trinajstić information content (AvgIpc) is 2.10. The number of rotatable bonds is 0. The largest absolute Gasteiger partial charge is 0.512 e. The first-order chi connectivity index (χ1) is 4.14. The van der Waals surface area contributed by atoms with Crippen molar-refractivity contribution in [2.75, 3.05) is 6.61 Å². The first-order valence-corrected chi connectivity index (χ1v) is 2.80. The topological polar surface area (TPSA) is 38.7 Å². The van der Waals surface area contributed by atoms with E-state index in [9.17, 15) is 0 Å². The van der Waals surface area contributed by atoms with Crippen LogP contribution in [0.1, 0.15) is 13.8 Å². The van der Waals surface area contributed by atoms with Gasteiger partial charge < -0.3 is 14.6 Å². The summed E-state index contributed by atoms with van der Waals surface area (Å²) in [5, 5.41) is 8.43. The zero-order valence-corrected chi connectivity index (χ0v) is 5.55. The van der Waals surface area contributed by atoms with Crippen LogP contribution < -0.4 is 0 Å². The third-order valence-corrected chi connectivity index (χ3v) is 1.08. The van der Waals surface area contributed by atoms with E-state index in [2.05, 4.69) is 0 Å². The van der Waals surface area contributed by atoms with Crippen LogP contribution in [0.25, 0.3) is 0 Å². The van der Waals surface area contributed by atoms with Gasteiger partial charge in [0.25, 0.3) is 0 Å². The molecule has 1 saturated heterocycles. The molecule has 1 fully saturated rings. The van der Waals surface area contributed by atoms with Gasteiger partial charge in [0.05, 0.1) is 0 Å². The van der Waals surface area contributed by atoms with Gasteiger partial charge in [-0.15, -0.1) is 0 Å². The van der Waals surface area contributed by atoms with Gasteiger partial charge in [0.15, 0.2) is 5.76 Å². The summed E-state index contributed by atoms with van der Waals surface area (Å²) < 4.78 is 10.2. The van der Waals surface area contributed by atoms with Gasteiger partial charge in [0.2, 0.25) is 5.79 Å². The van der Waals surface area contributed by atoms with Gasteiger partial charge in [-0.2, -0.15) is 0 Å². The fourth-order valence-electron chi connectivity index (χ4n) is 0.683. The predicted octanol–water partition coefficient (Wildman–Crippen LogP) is 1.17. The van der Waals surface area contributed by atoms with Crippen molar-refractivity contribution in [2.24, 2.45) is 0 Å². The van der Waals surface area contributed by atoms with Crippen LogP contribution in [0.4, 0.5) is 0 Å². The van der Waals surface area contributed by atoms with Crippen LogP contribution in [0.5, 0.6) is 0 Å². The smallest absolute Gasteiger partial charge is 0.205 e. The van der Waals surface area contributed by atoms with E-state index in [-0.39, 0.29) is 0 Å². The molecule has 0 aromatic carbocycles. The van der Waals surface area contributed by atoms with Crippen molar-refractivity contribution in [1.82, 2.24) is 0 Å². The minimum Gasteiger partial charge on any atom is -0.512 e. The molecule has 52 valence electrons. The summed E-state index contributed by atoms with van der Waals surface area (Å²) in [5.74, 6) is -0.0748. The lowest BCUT2D eigenvalue weighted by Gasteiger charge is -2.14. The number of ether oxygens (including phenoxy) is 2. The van der Waals surface area contributed by atoms with Crippen LogP contribution in [0, 0.1) is 0 Å². The van der Waals surface area contributed by atoms with E-state index in [1.54, 1.807) is 13.8 Å². The van der Waals surface area contributed by atoms with E-state index in [0.717, 1.165) is 6.26 Å². The van der Waals surface area contributed by atoms with E-state index < -0.39 is 5.79 Å². The van der Waals surface area contributed by atoms with Crippen LogP contribution in [-0.4, -0.2) is 17.5 Å². The minimum absolute atomic E-state index is 0.365. The maximum absolute atomic E-state index is 8.43. The molecule has 0 spiro atoms. The molecule has 0 aromatic rings. The predicted molar refractivity (Wildman–Crippen MR) is 31.8 cm³/mol. The van der Waals surface area contributed by atoms with Crippen molar-refractivity contribution in [3.05, 3.63) is 12.0 Å². The molecule has 3 heteroatoms. The molecule has 1 heterocycles. The van der Waals surface area contributed by atoms with Gasteiger partial charge in [0, 0.05) is 13.8 Å². The van der Waals surface area contributed by atoms with E-state index in [4.69, 9.17) is 14.6 Å². The van der Waals surface area contributed by atoms with Gasteiger partial charge in [-0.25, -0.2) is 0 Å². The van der Waals surface area contributed by atoms with Crippen molar-refractivity contribution in [1.29, 1.82) is 0 Å². The summed E-state index contributed by atoms with van der Waals surface area (Å²) in [7, 11) is 0. The van der Waals surface area contributed by atoms with Crippen LogP contribution in [-0.2, 0) is 9.47 Å². The Balaban J connectivity index is 2.57. The summed E-state index contributed by atoms with van der Waals surface area (Å²) in [5.41, 5.74) is 0. The number of hydrogen-bond donors (Lipinski definition) is 1. The lowest BCUT2D eigenvalue weighted by Crippen LogP contribution is -2.18. The Labute approximate surface area is 53.9 Å². The Kier molecular flexibility index (Phi) is 1.37. The third-order valence-electron chi connectivity index (χ3n) is 1.08. The molecule has 0 radical (unpaired) electrons. The highest BCUT2D eigenvalue weighted by atomic mass is 16.7. The van der Waals surface area contributed by atoms with Crippen molar-refractivity contribution < 1.29 is 14.6 Å². The van der Waals surface area contributed by atoms with Gasteiger partial charge in [-0.1, -0.05) is 0 Å². The quantitative estimate of drug-likeness (QED) is 0.500. The fraction of sp³-hybridized carbons (Fsp3) is 0.667. The Hall–Kier alpha value is -0.700. The molecule has 0 aliphatic carbocycles. The van der Waals surface area contributed by atoms with Crippen LogP contribution in [0.3, 0.4) is 0 Å². The standard InChI is InChI=1S/C6H10O3/c1-6(2)8-4-5(3-7)9-6/h3,7H,4H2,1-2H3/b5-3-. The van der Waals surface area contributed by atoms with Crippen molar-refractivity contribution in [3.63, 3.8) is 0 Å². The van der Waals surface area contributed by atoms with E-state index in [1.165, 1.54) is 0 Å².